The van der Waals surface area contributed by atoms with Gasteiger partial charge in [-0.15, -0.1) is 0 Å². The van der Waals surface area contributed by atoms with E-state index in [0.717, 1.165) is 0 Å². The van der Waals surface area contributed by atoms with Gasteiger partial charge in [0.05, 0.1) is 0 Å². The van der Waals surface area contributed by atoms with Crippen LogP contribution >= 0.6 is 0 Å². The van der Waals surface area contributed by atoms with Gasteiger partial charge in [0, 0.05) is 26.4 Å². The molecule has 0 rings (SSSR count). The molecule has 0 unspecified atom stereocenters. The van der Waals surface area contributed by atoms with Crippen LogP contribution < -0.4 is 0 Å². The van der Waals surface area contributed by atoms with Crippen LogP contribution in [-0.4, -0.2) is 39.0 Å². The minimum atomic E-state index is -0.426. The summed E-state index contributed by atoms with van der Waals surface area (Å²) in [4.78, 5) is 0. The lowest BCUT2D eigenvalue weighted by molar-refractivity contribution is -0.281. The molecule has 0 saturated heterocycles. The van der Waals surface area contributed by atoms with Crippen molar-refractivity contribution in [2.45, 2.75) is 40.3 Å². The molecule has 0 spiro atoms. The summed E-state index contributed by atoms with van der Waals surface area (Å²) < 4.78 is 21.5. The molecule has 0 aromatic rings. The van der Waals surface area contributed by atoms with E-state index in [1.807, 2.05) is 27.7 Å². The second kappa shape index (κ2) is 9.40. The lowest BCUT2D eigenvalue weighted by Crippen LogP contribution is -2.36. The molecular formula is C10H22O4. The average molecular weight is 206 g/mol. The van der Waals surface area contributed by atoms with Gasteiger partial charge in [-0.1, -0.05) is 0 Å². The highest BCUT2D eigenvalue weighted by atomic mass is 16.8. The van der Waals surface area contributed by atoms with Crippen LogP contribution in [0.4, 0.5) is 0 Å². The topological polar surface area (TPSA) is 36.9 Å². The van der Waals surface area contributed by atoms with Gasteiger partial charge in [0.15, 0.2) is 0 Å². The first-order valence-electron chi connectivity index (χ1n) is 5.26. The molecule has 0 aromatic carbocycles. The Balaban J connectivity index is 4.06. The molecule has 0 saturated carbocycles. The predicted molar refractivity (Wildman–Crippen MR) is 54.1 cm³/mol. The summed E-state index contributed by atoms with van der Waals surface area (Å²) >= 11 is 0. The SMILES string of the molecule is CCOC(OCC)C(OCC)OCC. The maximum absolute atomic E-state index is 5.38. The summed E-state index contributed by atoms with van der Waals surface area (Å²) in [6.45, 7) is 10.0. The Kier molecular flexibility index (Phi) is 9.29. The third-order valence-corrected chi connectivity index (χ3v) is 1.55. The zero-order chi connectivity index (χ0) is 10.8. The van der Waals surface area contributed by atoms with Gasteiger partial charge in [-0.3, -0.25) is 0 Å². The molecule has 14 heavy (non-hydrogen) atoms. The molecule has 0 aromatic heterocycles. The third-order valence-electron chi connectivity index (χ3n) is 1.55. The van der Waals surface area contributed by atoms with E-state index >= 15 is 0 Å². The van der Waals surface area contributed by atoms with Crippen molar-refractivity contribution in [2.75, 3.05) is 26.4 Å². The number of ether oxygens (including phenoxy) is 4. The Hall–Kier alpha value is -0.160. The van der Waals surface area contributed by atoms with Crippen molar-refractivity contribution in [2.24, 2.45) is 0 Å². The van der Waals surface area contributed by atoms with Gasteiger partial charge in [-0.25, -0.2) is 0 Å². The highest BCUT2D eigenvalue weighted by Gasteiger charge is 2.22. The number of rotatable bonds is 9. The van der Waals surface area contributed by atoms with Gasteiger partial charge in [-0.2, -0.15) is 0 Å². The fourth-order valence-electron chi connectivity index (χ4n) is 1.07. The van der Waals surface area contributed by atoms with Crippen molar-refractivity contribution in [3.63, 3.8) is 0 Å². The molecular weight excluding hydrogens is 184 g/mol. The van der Waals surface area contributed by atoms with Gasteiger partial charge in [0.25, 0.3) is 0 Å². The van der Waals surface area contributed by atoms with Crippen LogP contribution in [0.15, 0.2) is 0 Å². The molecule has 4 nitrogen and oxygen atoms in total. The van der Waals surface area contributed by atoms with Crippen LogP contribution in [0.25, 0.3) is 0 Å². The maximum atomic E-state index is 5.38. The Bertz CT molecular complexity index is 92.7. The Morgan fingerprint density at radius 2 is 0.786 bits per heavy atom. The van der Waals surface area contributed by atoms with Gasteiger partial charge in [0.1, 0.15) is 0 Å². The first kappa shape index (κ1) is 13.8. The molecule has 0 heterocycles. The maximum Gasteiger partial charge on any atom is 0.209 e. The van der Waals surface area contributed by atoms with E-state index < -0.39 is 12.6 Å². The summed E-state index contributed by atoms with van der Waals surface area (Å²) in [6, 6.07) is 0. The van der Waals surface area contributed by atoms with E-state index in [0.29, 0.717) is 26.4 Å². The molecule has 0 aliphatic heterocycles. The molecule has 0 atom stereocenters. The van der Waals surface area contributed by atoms with Crippen LogP contribution in [0, 0.1) is 0 Å². The van der Waals surface area contributed by atoms with Crippen molar-refractivity contribution >= 4 is 0 Å². The van der Waals surface area contributed by atoms with E-state index in [9.17, 15) is 0 Å². The monoisotopic (exact) mass is 206 g/mol. The average Bonchev–Trinajstić information content (AvgIpc) is 2.17. The summed E-state index contributed by atoms with van der Waals surface area (Å²) in [5.74, 6) is 0. The van der Waals surface area contributed by atoms with Crippen molar-refractivity contribution in [3.05, 3.63) is 0 Å². The molecule has 0 fully saturated rings. The molecule has 0 aliphatic carbocycles. The van der Waals surface area contributed by atoms with Gasteiger partial charge < -0.3 is 18.9 Å². The van der Waals surface area contributed by atoms with Crippen LogP contribution in [0.3, 0.4) is 0 Å². The Morgan fingerprint density at radius 3 is 0.929 bits per heavy atom. The lowest BCUT2D eigenvalue weighted by Gasteiger charge is -2.25. The highest BCUT2D eigenvalue weighted by molar-refractivity contribution is 4.50. The summed E-state index contributed by atoms with van der Waals surface area (Å²) in [5.41, 5.74) is 0. The third kappa shape index (κ3) is 5.54. The zero-order valence-corrected chi connectivity index (χ0v) is 9.62. The summed E-state index contributed by atoms with van der Waals surface area (Å²) in [7, 11) is 0. The van der Waals surface area contributed by atoms with Gasteiger partial charge in [-0.05, 0) is 27.7 Å². The fourth-order valence-corrected chi connectivity index (χ4v) is 1.07. The van der Waals surface area contributed by atoms with E-state index in [2.05, 4.69) is 0 Å². The normalized spacial score (nSPS) is 11.6. The van der Waals surface area contributed by atoms with E-state index in [-0.39, 0.29) is 0 Å². The first-order valence-corrected chi connectivity index (χ1v) is 5.26. The Labute approximate surface area is 86.5 Å². The zero-order valence-electron chi connectivity index (χ0n) is 9.62. The van der Waals surface area contributed by atoms with Crippen LogP contribution in [0.5, 0.6) is 0 Å². The van der Waals surface area contributed by atoms with Gasteiger partial charge in [0.2, 0.25) is 12.6 Å². The quantitative estimate of drug-likeness (QED) is 0.539. The molecule has 0 N–H and O–H groups in total. The Morgan fingerprint density at radius 1 is 0.571 bits per heavy atom. The van der Waals surface area contributed by atoms with Crippen molar-refractivity contribution in [3.8, 4) is 0 Å². The van der Waals surface area contributed by atoms with E-state index in [1.165, 1.54) is 0 Å². The summed E-state index contributed by atoms with van der Waals surface area (Å²) in [6.07, 6.45) is -0.852. The molecule has 0 bridgehead atoms. The van der Waals surface area contributed by atoms with Crippen LogP contribution in [0.1, 0.15) is 27.7 Å². The predicted octanol–water partition coefficient (Wildman–Crippen LogP) is 1.78. The highest BCUT2D eigenvalue weighted by Crippen LogP contribution is 2.08. The van der Waals surface area contributed by atoms with Crippen LogP contribution in [-0.2, 0) is 18.9 Å². The molecule has 4 heteroatoms. The van der Waals surface area contributed by atoms with E-state index in [4.69, 9.17) is 18.9 Å². The molecule has 0 amide bonds. The standard InChI is InChI=1S/C10H22O4/c1-5-11-9(12-6-2)10(13-7-3)14-8-4/h9-10H,5-8H2,1-4H3. The minimum Gasteiger partial charge on any atom is -0.348 e. The smallest absolute Gasteiger partial charge is 0.209 e. The summed E-state index contributed by atoms with van der Waals surface area (Å²) in [5, 5.41) is 0. The molecule has 0 aliphatic rings. The van der Waals surface area contributed by atoms with Crippen molar-refractivity contribution in [1.82, 2.24) is 0 Å². The number of hydrogen-bond acceptors (Lipinski definition) is 4. The van der Waals surface area contributed by atoms with Crippen molar-refractivity contribution in [1.29, 1.82) is 0 Å². The van der Waals surface area contributed by atoms with Gasteiger partial charge >= 0.3 is 0 Å². The second-order valence-electron chi connectivity index (χ2n) is 2.56. The van der Waals surface area contributed by atoms with Crippen molar-refractivity contribution < 1.29 is 18.9 Å². The second-order valence-corrected chi connectivity index (χ2v) is 2.56. The number of hydrogen-bond donors (Lipinski definition) is 0. The molecule has 0 radical (unpaired) electrons. The van der Waals surface area contributed by atoms with E-state index in [1.54, 1.807) is 0 Å². The fraction of sp³-hybridized carbons (Fsp3) is 1.00. The first-order chi connectivity index (χ1) is 6.79. The molecule has 86 valence electrons. The minimum absolute atomic E-state index is 0.426. The lowest BCUT2D eigenvalue weighted by atomic mass is 10.5. The largest absolute Gasteiger partial charge is 0.348 e. The van der Waals surface area contributed by atoms with Crippen LogP contribution in [0.2, 0.25) is 0 Å².